The monoisotopic (exact) mass is 448 g/mol. The number of hydrogen-bond acceptors (Lipinski definition) is 7. The van der Waals surface area contributed by atoms with Crippen molar-refractivity contribution in [2.75, 3.05) is 12.4 Å². The lowest BCUT2D eigenvalue weighted by Gasteiger charge is -2.49. The maximum atomic E-state index is 12.9. The largest absolute Gasteiger partial charge is 0.477 e. The van der Waals surface area contributed by atoms with Gasteiger partial charge in [0.25, 0.3) is 11.8 Å². The van der Waals surface area contributed by atoms with Gasteiger partial charge in [-0.1, -0.05) is 0 Å². The molecule has 10 nitrogen and oxygen atoms in total. The maximum Gasteiger partial charge on any atom is 0.433 e. The molecule has 0 aliphatic carbocycles. The third kappa shape index (κ3) is 3.86. The molecule has 0 radical (unpaired) electrons. The molecule has 0 saturated carbocycles. The van der Waals surface area contributed by atoms with Crippen molar-refractivity contribution in [3.05, 3.63) is 28.7 Å². The SMILES string of the molecule is CC(=O)OCC1=C(C(=O)O)N2C(=O)C(NC(=O)c3cc(C(F)(F)F)n(C)n3)C2SC1. The molecule has 30 heavy (non-hydrogen) atoms. The van der Waals surface area contributed by atoms with Gasteiger partial charge in [0, 0.05) is 31.4 Å². The molecule has 1 saturated heterocycles. The Morgan fingerprint density at radius 3 is 2.60 bits per heavy atom. The Morgan fingerprint density at radius 2 is 2.07 bits per heavy atom. The van der Waals surface area contributed by atoms with E-state index in [9.17, 15) is 37.5 Å². The van der Waals surface area contributed by atoms with Gasteiger partial charge in [0.15, 0.2) is 5.69 Å². The minimum atomic E-state index is -4.71. The van der Waals surface area contributed by atoms with Gasteiger partial charge in [-0.15, -0.1) is 11.8 Å². The van der Waals surface area contributed by atoms with Gasteiger partial charge in [-0.25, -0.2) is 4.79 Å². The summed E-state index contributed by atoms with van der Waals surface area (Å²) in [6, 6.07) is -0.576. The number of hydrogen-bond donors (Lipinski definition) is 2. The van der Waals surface area contributed by atoms with Crippen molar-refractivity contribution < 1.29 is 42.2 Å². The number of fused-ring (bicyclic) bond motifs is 1. The lowest BCUT2D eigenvalue weighted by atomic mass is 10.0. The van der Waals surface area contributed by atoms with E-state index in [1.807, 2.05) is 0 Å². The second-order valence-electron chi connectivity index (χ2n) is 6.43. The number of amides is 2. The molecular weight excluding hydrogens is 433 g/mol. The molecule has 1 aromatic heterocycles. The van der Waals surface area contributed by atoms with Gasteiger partial charge < -0.3 is 15.2 Å². The van der Waals surface area contributed by atoms with E-state index in [-0.39, 0.29) is 23.6 Å². The van der Waals surface area contributed by atoms with Crippen LogP contribution in [0.3, 0.4) is 0 Å². The topological polar surface area (TPSA) is 131 Å². The molecule has 0 aromatic carbocycles. The van der Waals surface area contributed by atoms with E-state index >= 15 is 0 Å². The molecule has 2 aliphatic heterocycles. The molecular formula is C16H15F3N4O6S. The minimum absolute atomic E-state index is 0.123. The van der Waals surface area contributed by atoms with Crippen LogP contribution in [0.1, 0.15) is 23.1 Å². The fraction of sp³-hybridized carbons (Fsp3) is 0.438. The number of nitrogens with one attached hydrogen (secondary N) is 1. The Hall–Kier alpha value is -3.03. The van der Waals surface area contributed by atoms with E-state index in [4.69, 9.17) is 4.74 Å². The van der Waals surface area contributed by atoms with E-state index in [2.05, 4.69) is 10.4 Å². The second-order valence-corrected chi connectivity index (χ2v) is 7.54. The van der Waals surface area contributed by atoms with Crippen LogP contribution in [0.15, 0.2) is 17.3 Å². The van der Waals surface area contributed by atoms with Gasteiger partial charge in [0.1, 0.15) is 29.4 Å². The summed E-state index contributed by atoms with van der Waals surface area (Å²) < 4.78 is 43.9. The van der Waals surface area contributed by atoms with Gasteiger partial charge in [0.2, 0.25) is 0 Å². The highest BCUT2D eigenvalue weighted by atomic mass is 32.2. The number of aromatic nitrogens is 2. The molecule has 2 amide bonds. The molecule has 1 aromatic rings. The second kappa shape index (κ2) is 7.66. The molecule has 0 bridgehead atoms. The van der Waals surface area contributed by atoms with E-state index in [1.54, 1.807) is 0 Å². The average Bonchev–Trinajstić information content (AvgIpc) is 3.05. The Morgan fingerprint density at radius 1 is 1.40 bits per heavy atom. The molecule has 2 N–H and O–H groups in total. The Balaban J connectivity index is 1.76. The van der Waals surface area contributed by atoms with E-state index < -0.39 is 52.7 Å². The average molecular weight is 448 g/mol. The number of carboxylic acids is 1. The normalized spacial score (nSPS) is 21.1. The number of carbonyl (C=O) groups excluding carboxylic acids is 3. The summed E-state index contributed by atoms with van der Waals surface area (Å²) in [5, 5.41) is 14.5. The lowest BCUT2D eigenvalue weighted by molar-refractivity contribution is -0.149. The zero-order valence-corrected chi connectivity index (χ0v) is 16.3. The van der Waals surface area contributed by atoms with Crippen LogP contribution >= 0.6 is 11.8 Å². The predicted octanol–water partition coefficient (Wildman–Crippen LogP) is 0.354. The van der Waals surface area contributed by atoms with Crippen molar-refractivity contribution in [2.45, 2.75) is 24.5 Å². The van der Waals surface area contributed by atoms with Crippen LogP contribution in [0.4, 0.5) is 13.2 Å². The summed E-state index contributed by atoms with van der Waals surface area (Å²) in [6.07, 6.45) is -4.71. The zero-order chi connectivity index (χ0) is 22.4. The molecule has 3 heterocycles. The molecule has 2 unspecified atom stereocenters. The van der Waals surface area contributed by atoms with E-state index in [0.29, 0.717) is 10.7 Å². The molecule has 2 aliphatic rings. The maximum absolute atomic E-state index is 12.9. The number of halogens is 3. The quantitative estimate of drug-likeness (QED) is 0.488. The third-order valence-electron chi connectivity index (χ3n) is 4.39. The summed E-state index contributed by atoms with van der Waals surface area (Å²) in [6.45, 7) is 0.855. The molecule has 3 rings (SSSR count). The number of nitrogens with zero attached hydrogens (tertiary/aromatic N) is 3. The van der Waals surface area contributed by atoms with Gasteiger partial charge in [-0.2, -0.15) is 18.3 Å². The zero-order valence-electron chi connectivity index (χ0n) is 15.5. The molecule has 162 valence electrons. The molecule has 2 atom stereocenters. The number of esters is 1. The lowest BCUT2D eigenvalue weighted by Crippen LogP contribution is -2.70. The number of thioether (sulfide) groups is 1. The summed E-state index contributed by atoms with van der Waals surface area (Å²) >= 11 is 1.13. The summed E-state index contributed by atoms with van der Waals surface area (Å²) in [4.78, 5) is 48.3. The van der Waals surface area contributed by atoms with Crippen molar-refractivity contribution in [3.63, 3.8) is 0 Å². The minimum Gasteiger partial charge on any atom is -0.477 e. The van der Waals surface area contributed by atoms with Gasteiger partial charge >= 0.3 is 18.1 Å². The summed E-state index contributed by atoms with van der Waals surface area (Å²) in [5.41, 5.74) is -1.78. The first-order chi connectivity index (χ1) is 13.9. The number of rotatable bonds is 5. The number of carboxylic acid groups (broad SMARTS) is 1. The van der Waals surface area contributed by atoms with Crippen molar-refractivity contribution >= 4 is 35.5 Å². The summed E-state index contributed by atoms with van der Waals surface area (Å²) in [7, 11) is 1.03. The van der Waals surface area contributed by atoms with Crippen molar-refractivity contribution in [2.24, 2.45) is 7.05 Å². The first-order valence-electron chi connectivity index (χ1n) is 8.37. The van der Waals surface area contributed by atoms with Crippen LogP contribution in [-0.2, 0) is 32.3 Å². The number of carbonyl (C=O) groups is 4. The molecule has 1 fully saturated rings. The third-order valence-corrected chi connectivity index (χ3v) is 5.73. The number of aryl methyl sites for hydroxylation is 1. The Bertz CT molecular complexity index is 973. The fourth-order valence-corrected chi connectivity index (χ4v) is 4.37. The number of alkyl halides is 3. The highest BCUT2D eigenvalue weighted by Gasteiger charge is 2.54. The number of ether oxygens (including phenoxy) is 1. The predicted molar refractivity (Wildman–Crippen MR) is 93.9 cm³/mol. The van der Waals surface area contributed by atoms with E-state index in [0.717, 1.165) is 30.6 Å². The smallest absolute Gasteiger partial charge is 0.433 e. The fourth-order valence-electron chi connectivity index (χ4n) is 3.04. The Kier molecular flexibility index (Phi) is 5.54. The van der Waals surface area contributed by atoms with Crippen LogP contribution < -0.4 is 5.32 Å². The van der Waals surface area contributed by atoms with Crippen LogP contribution in [0.5, 0.6) is 0 Å². The molecule has 0 spiro atoms. The highest BCUT2D eigenvalue weighted by molar-refractivity contribution is 8.00. The van der Waals surface area contributed by atoms with Gasteiger partial charge in [-0.05, 0) is 0 Å². The number of aliphatic carboxylic acids is 1. The Labute approximate surface area is 171 Å². The van der Waals surface area contributed by atoms with E-state index in [1.165, 1.54) is 0 Å². The van der Waals surface area contributed by atoms with Crippen molar-refractivity contribution in [1.82, 2.24) is 20.0 Å². The van der Waals surface area contributed by atoms with Crippen molar-refractivity contribution in [3.8, 4) is 0 Å². The van der Waals surface area contributed by atoms with Gasteiger partial charge in [-0.3, -0.25) is 24.0 Å². The molecule has 14 heteroatoms. The van der Waals surface area contributed by atoms with Crippen LogP contribution in [0, 0.1) is 0 Å². The summed E-state index contributed by atoms with van der Waals surface area (Å²) in [5.74, 6) is -3.64. The van der Waals surface area contributed by atoms with Crippen LogP contribution in [-0.4, -0.2) is 67.3 Å². The van der Waals surface area contributed by atoms with Gasteiger partial charge in [0.05, 0.1) is 0 Å². The number of β-lactam (4-membered cyclic amide) rings is 1. The van der Waals surface area contributed by atoms with Crippen molar-refractivity contribution in [1.29, 1.82) is 0 Å². The first-order valence-corrected chi connectivity index (χ1v) is 9.42. The highest BCUT2D eigenvalue weighted by Crippen LogP contribution is 2.40. The standard InChI is InChI=1S/C16H15F3N4O6S/c1-6(24)29-4-7-5-30-14-10(13(26)23(14)11(7)15(27)28)20-12(25)8-3-9(16(17,18)19)22(2)21-8/h3,10,14H,4-5H2,1-2H3,(H,20,25)(H,27,28). The van der Waals surface area contributed by atoms with Crippen LogP contribution in [0.25, 0.3) is 0 Å². The first kappa shape index (κ1) is 21.7. The van der Waals surface area contributed by atoms with Crippen LogP contribution in [0.2, 0.25) is 0 Å².